The molecule has 8 nitrogen and oxygen atoms in total. The Balaban J connectivity index is 1.74. The number of fused-ring (bicyclic) bond motifs is 2. The van der Waals surface area contributed by atoms with Gasteiger partial charge in [0.2, 0.25) is 0 Å². The third kappa shape index (κ3) is 5.94. The molecule has 2 heterocycles. The van der Waals surface area contributed by atoms with Crippen LogP contribution in [0.3, 0.4) is 0 Å². The number of aryl methyl sites for hydroxylation is 1. The summed E-state index contributed by atoms with van der Waals surface area (Å²) in [5, 5.41) is 3.77. The van der Waals surface area contributed by atoms with Gasteiger partial charge < -0.3 is 19.5 Å². The largest absolute Gasteiger partial charge is 0.468 e. The Labute approximate surface area is 246 Å². The van der Waals surface area contributed by atoms with Gasteiger partial charge in [0.1, 0.15) is 28.5 Å². The van der Waals surface area contributed by atoms with E-state index in [9.17, 15) is 13.6 Å². The van der Waals surface area contributed by atoms with E-state index in [4.69, 9.17) is 14.2 Å². The van der Waals surface area contributed by atoms with Crippen LogP contribution in [0.2, 0.25) is 0 Å². The first-order chi connectivity index (χ1) is 20.4. The maximum Gasteiger partial charge on any atom is 0.410 e. The van der Waals surface area contributed by atoms with E-state index in [0.29, 0.717) is 11.9 Å². The maximum atomic E-state index is 16.5. The predicted molar refractivity (Wildman–Crippen MR) is 153 cm³/mol. The van der Waals surface area contributed by atoms with Crippen LogP contribution in [0, 0.1) is 23.5 Å². The van der Waals surface area contributed by atoms with E-state index >= 15 is 8.78 Å². The van der Waals surface area contributed by atoms with Crippen molar-refractivity contribution in [3.05, 3.63) is 65.1 Å². The molecule has 5 rings (SSSR count). The Kier molecular flexibility index (Phi) is 8.44. The number of nitrogens with zero attached hydrogens (tertiary/aromatic N) is 3. The highest BCUT2D eigenvalue weighted by atomic mass is 19.1. The van der Waals surface area contributed by atoms with Crippen molar-refractivity contribution in [2.24, 2.45) is 0 Å². The van der Waals surface area contributed by atoms with Gasteiger partial charge in [0.05, 0.1) is 17.3 Å². The average molecular weight is 601 g/mol. The number of carbonyl (C=O) groups is 1. The molecule has 4 aromatic rings. The second kappa shape index (κ2) is 11.9. The van der Waals surface area contributed by atoms with Crippen molar-refractivity contribution in [2.75, 3.05) is 33.5 Å². The lowest BCUT2D eigenvalue weighted by Crippen LogP contribution is -2.50. The fourth-order valence-corrected chi connectivity index (χ4v) is 5.42. The molecule has 1 saturated heterocycles. The van der Waals surface area contributed by atoms with Gasteiger partial charge in [-0.05, 0) is 73.4 Å². The Hall–Kier alpha value is -4.03. The quantitative estimate of drug-likeness (QED) is 0.155. The van der Waals surface area contributed by atoms with Gasteiger partial charge in [-0.15, -0.1) is 0 Å². The van der Waals surface area contributed by atoms with Crippen molar-refractivity contribution in [1.82, 2.24) is 20.2 Å². The number of carbonyl (C=O) groups excluding carboxylic acids is 1. The molecular weight excluding hydrogens is 568 g/mol. The van der Waals surface area contributed by atoms with Crippen molar-refractivity contribution in [3.63, 3.8) is 0 Å². The zero-order valence-electron chi connectivity index (χ0n) is 24.5. The summed E-state index contributed by atoms with van der Waals surface area (Å²) in [6.07, 6.45) is -1.69. The minimum absolute atomic E-state index is 0.00661. The number of halogens is 4. The molecular formula is C31H32F4N4O4. The van der Waals surface area contributed by atoms with Crippen LogP contribution in [-0.4, -0.2) is 60.1 Å². The van der Waals surface area contributed by atoms with Gasteiger partial charge in [0.25, 0.3) is 0 Å². The number of benzene rings is 3. The number of hydrogen-bond donors (Lipinski definition) is 1. The minimum atomic E-state index is -1.25. The summed E-state index contributed by atoms with van der Waals surface area (Å²) in [4.78, 5) is 22.0. The SMILES string of the molecule is CCc1c(F)ccc2cc(OCOC)cc(-c3c(F)cc4c(C5CNCCN5C(=O)OC(C)(C)C)nc(F)nc4c3F)c12. The maximum absolute atomic E-state index is 16.5. The molecule has 12 heteroatoms. The van der Waals surface area contributed by atoms with Crippen LogP contribution < -0.4 is 10.1 Å². The average Bonchev–Trinajstić information content (AvgIpc) is 2.95. The van der Waals surface area contributed by atoms with Crippen molar-refractivity contribution in [1.29, 1.82) is 0 Å². The van der Waals surface area contributed by atoms with E-state index in [1.165, 1.54) is 30.2 Å². The van der Waals surface area contributed by atoms with Crippen LogP contribution in [0.5, 0.6) is 5.75 Å². The predicted octanol–water partition coefficient (Wildman–Crippen LogP) is 6.43. The minimum Gasteiger partial charge on any atom is -0.468 e. The van der Waals surface area contributed by atoms with Gasteiger partial charge in [-0.2, -0.15) is 9.37 Å². The molecule has 1 aliphatic heterocycles. The van der Waals surface area contributed by atoms with E-state index in [0.717, 1.165) is 6.07 Å². The summed E-state index contributed by atoms with van der Waals surface area (Å²) in [5.41, 5.74) is -1.64. The molecule has 1 amide bonds. The lowest BCUT2D eigenvalue weighted by atomic mass is 9.91. The molecule has 0 spiro atoms. The second-order valence-corrected chi connectivity index (χ2v) is 11.2. The summed E-state index contributed by atoms with van der Waals surface area (Å²) in [5.74, 6) is -2.48. The summed E-state index contributed by atoms with van der Waals surface area (Å²) in [7, 11) is 1.42. The Morgan fingerprint density at radius 1 is 1.09 bits per heavy atom. The van der Waals surface area contributed by atoms with Crippen LogP contribution in [-0.2, 0) is 15.9 Å². The van der Waals surface area contributed by atoms with Gasteiger partial charge in [0.15, 0.2) is 12.6 Å². The zero-order chi connectivity index (χ0) is 31.1. The molecule has 0 saturated carbocycles. The van der Waals surface area contributed by atoms with E-state index in [1.54, 1.807) is 33.8 Å². The number of piperazine rings is 1. The number of aromatic nitrogens is 2. The highest BCUT2D eigenvalue weighted by Gasteiger charge is 2.35. The number of amides is 1. The van der Waals surface area contributed by atoms with Crippen LogP contribution in [0.15, 0.2) is 30.3 Å². The lowest BCUT2D eigenvalue weighted by Gasteiger charge is -2.37. The van der Waals surface area contributed by atoms with Crippen LogP contribution >= 0.6 is 0 Å². The first-order valence-electron chi connectivity index (χ1n) is 13.9. The van der Waals surface area contributed by atoms with E-state index < -0.39 is 52.3 Å². The highest BCUT2D eigenvalue weighted by Crippen LogP contribution is 2.41. The molecule has 0 bridgehead atoms. The Morgan fingerprint density at radius 2 is 1.86 bits per heavy atom. The number of methoxy groups -OCH3 is 1. The Bertz CT molecular complexity index is 1710. The molecule has 43 heavy (non-hydrogen) atoms. The van der Waals surface area contributed by atoms with Crippen molar-refractivity contribution < 1.29 is 36.6 Å². The van der Waals surface area contributed by atoms with Gasteiger partial charge in [-0.3, -0.25) is 4.90 Å². The van der Waals surface area contributed by atoms with Gasteiger partial charge >= 0.3 is 12.2 Å². The van der Waals surface area contributed by atoms with E-state index in [1.807, 2.05) is 0 Å². The topological polar surface area (TPSA) is 85.8 Å². The smallest absolute Gasteiger partial charge is 0.410 e. The van der Waals surface area contributed by atoms with Crippen LogP contribution in [0.25, 0.3) is 32.8 Å². The first-order valence-corrected chi connectivity index (χ1v) is 13.9. The zero-order valence-corrected chi connectivity index (χ0v) is 24.5. The molecule has 1 atom stereocenters. The molecule has 228 valence electrons. The molecule has 1 aromatic heterocycles. The lowest BCUT2D eigenvalue weighted by molar-refractivity contribution is 0.0114. The van der Waals surface area contributed by atoms with E-state index in [-0.39, 0.29) is 59.6 Å². The second-order valence-electron chi connectivity index (χ2n) is 11.2. The fourth-order valence-electron chi connectivity index (χ4n) is 5.42. The number of hydrogen-bond acceptors (Lipinski definition) is 7. The molecule has 1 unspecified atom stereocenters. The monoisotopic (exact) mass is 600 g/mol. The summed E-state index contributed by atoms with van der Waals surface area (Å²) in [6, 6.07) is 5.90. The van der Waals surface area contributed by atoms with Crippen molar-refractivity contribution in [2.45, 2.75) is 45.8 Å². The first kappa shape index (κ1) is 30.4. The fraction of sp³-hybridized carbons (Fsp3) is 0.387. The molecule has 0 radical (unpaired) electrons. The molecule has 1 N–H and O–H groups in total. The standard InChI is InChI=1S/C31H32F4N4O4/c1-6-18-21(32)8-7-16-11-17(42-15-41-5)12-19(24(16)18)25-22(33)13-20-27(37-29(35)38-28(20)26(25)34)23-14-36-9-10-39(23)30(40)43-31(2,3)4/h7-8,11-13,23,36H,6,9-10,14-15H2,1-5H3. The van der Waals surface area contributed by atoms with E-state index in [2.05, 4.69) is 15.3 Å². The van der Waals surface area contributed by atoms with Crippen LogP contribution in [0.4, 0.5) is 22.4 Å². The molecule has 3 aromatic carbocycles. The number of rotatable bonds is 6. The highest BCUT2D eigenvalue weighted by molar-refractivity contribution is 6.02. The summed E-state index contributed by atoms with van der Waals surface area (Å²) in [6.45, 7) is 7.49. The third-order valence-corrected chi connectivity index (χ3v) is 7.18. The van der Waals surface area contributed by atoms with Crippen LogP contribution in [0.1, 0.15) is 45.0 Å². The van der Waals surface area contributed by atoms with Gasteiger partial charge in [-0.1, -0.05) is 13.0 Å². The van der Waals surface area contributed by atoms with Crippen molar-refractivity contribution >= 4 is 27.8 Å². The molecule has 1 fully saturated rings. The number of nitrogens with one attached hydrogen (secondary N) is 1. The van der Waals surface area contributed by atoms with Gasteiger partial charge in [0, 0.05) is 32.1 Å². The summed E-state index contributed by atoms with van der Waals surface area (Å²) >= 11 is 0. The molecule has 1 aliphatic rings. The third-order valence-electron chi connectivity index (χ3n) is 7.18. The van der Waals surface area contributed by atoms with Crippen molar-refractivity contribution in [3.8, 4) is 16.9 Å². The normalized spacial score (nSPS) is 15.7. The Morgan fingerprint density at radius 3 is 2.56 bits per heavy atom. The molecule has 0 aliphatic carbocycles. The van der Waals surface area contributed by atoms with Gasteiger partial charge in [-0.25, -0.2) is 22.9 Å². The summed E-state index contributed by atoms with van der Waals surface area (Å²) < 4.78 is 78.7. The number of ether oxygens (including phenoxy) is 3.